The van der Waals surface area contributed by atoms with E-state index in [4.69, 9.17) is 19.3 Å². The molecule has 0 radical (unpaired) electrons. The molecule has 4 fully saturated rings. The Balaban J connectivity index is 0.00000172. The van der Waals surface area contributed by atoms with Crippen molar-refractivity contribution in [3.8, 4) is 0 Å². The van der Waals surface area contributed by atoms with E-state index in [-0.39, 0.29) is 17.0 Å². The van der Waals surface area contributed by atoms with Crippen molar-refractivity contribution in [1.29, 1.82) is 0 Å². The number of ether oxygens (including phenoxy) is 3. The summed E-state index contributed by atoms with van der Waals surface area (Å²) in [5.41, 5.74) is 1.02. The van der Waals surface area contributed by atoms with Gasteiger partial charge in [0.05, 0.1) is 32.0 Å². The van der Waals surface area contributed by atoms with Crippen LogP contribution in [0.25, 0.3) is 0 Å². The highest BCUT2D eigenvalue weighted by Gasteiger charge is 2.55. The first kappa shape index (κ1) is 30.1. The summed E-state index contributed by atoms with van der Waals surface area (Å²) < 4.78 is 19.5. The molecule has 1 atom stereocenters. The summed E-state index contributed by atoms with van der Waals surface area (Å²) in [6, 6.07) is 2.67. The molecular weight excluding hydrogens is 494 g/mol. The van der Waals surface area contributed by atoms with Crippen molar-refractivity contribution in [3.05, 3.63) is 11.8 Å². The third-order valence-corrected chi connectivity index (χ3v) is 8.57. The van der Waals surface area contributed by atoms with Crippen LogP contribution in [-0.4, -0.2) is 102 Å². The predicted molar refractivity (Wildman–Crippen MR) is 154 cm³/mol. The van der Waals surface area contributed by atoms with Gasteiger partial charge in [-0.15, -0.1) is 0 Å². The van der Waals surface area contributed by atoms with Crippen molar-refractivity contribution >= 4 is 11.9 Å². The van der Waals surface area contributed by atoms with Gasteiger partial charge in [-0.1, -0.05) is 13.8 Å². The van der Waals surface area contributed by atoms with Gasteiger partial charge < -0.3 is 24.0 Å². The largest absolute Gasteiger partial charge is 0.444 e. The number of morpholine rings is 1. The number of piperidine rings is 1. The minimum absolute atomic E-state index is 0.00374. The molecule has 39 heavy (non-hydrogen) atoms. The first-order valence-electron chi connectivity index (χ1n) is 15.2. The van der Waals surface area contributed by atoms with Crippen LogP contribution in [0.2, 0.25) is 0 Å². The molecule has 0 bridgehead atoms. The predicted octanol–water partition coefficient (Wildman–Crippen LogP) is 4.89. The van der Waals surface area contributed by atoms with Gasteiger partial charge in [-0.05, 0) is 67.2 Å². The molecule has 1 amide bonds. The topological polar surface area (TPSA) is 72.3 Å². The number of likely N-dealkylation sites (tertiary alicyclic amines) is 1. The van der Waals surface area contributed by atoms with Gasteiger partial charge in [0, 0.05) is 62.0 Å². The normalized spacial score (nSPS) is 25.0. The van der Waals surface area contributed by atoms with E-state index in [2.05, 4.69) is 41.3 Å². The van der Waals surface area contributed by atoms with E-state index in [0.717, 1.165) is 90.6 Å². The minimum atomic E-state index is -0.443. The van der Waals surface area contributed by atoms with E-state index in [1.807, 2.05) is 39.5 Å². The highest BCUT2D eigenvalue weighted by molar-refractivity contribution is 5.69. The quantitative estimate of drug-likeness (QED) is 0.502. The number of anilines is 1. The van der Waals surface area contributed by atoms with Crippen LogP contribution in [0.1, 0.15) is 85.9 Å². The van der Waals surface area contributed by atoms with Gasteiger partial charge in [0.1, 0.15) is 5.60 Å². The first-order valence-corrected chi connectivity index (χ1v) is 15.2. The molecule has 5 rings (SSSR count). The number of hydrogen-bond acceptors (Lipinski definition) is 7. The maximum Gasteiger partial charge on any atom is 0.410 e. The molecule has 3 aliphatic heterocycles. The first-order chi connectivity index (χ1) is 18.4. The van der Waals surface area contributed by atoms with Gasteiger partial charge in [0.25, 0.3) is 0 Å². The summed E-state index contributed by atoms with van der Waals surface area (Å²) >= 11 is 0. The Bertz CT molecular complexity index is 951. The van der Waals surface area contributed by atoms with Crippen molar-refractivity contribution in [2.45, 2.75) is 104 Å². The highest BCUT2D eigenvalue weighted by atomic mass is 16.6. The van der Waals surface area contributed by atoms with Crippen molar-refractivity contribution in [2.75, 3.05) is 64.0 Å². The van der Waals surface area contributed by atoms with Crippen molar-refractivity contribution in [2.24, 2.45) is 5.41 Å². The van der Waals surface area contributed by atoms with Gasteiger partial charge in [-0.3, -0.25) is 9.58 Å². The van der Waals surface area contributed by atoms with E-state index in [9.17, 15) is 4.79 Å². The maximum absolute atomic E-state index is 12.3. The Morgan fingerprint density at radius 3 is 2.38 bits per heavy atom. The molecule has 1 spiro atoms. The van der Waals surface area contributed by atoms with Crippen LogP contribution < -0.4 is 4.90 Å². The van der Waals surface area contributed by atoms with E-state index in [0.29, 0.717) is 12.1 Å². The van der Waals surface area contributed by atoms with Crippen molar-refractivity contribution in [1.82, 2.24) is 19.6 Å². The van der Waals surface area contributed by atoms with E-state index >= 15 is 0 Å². The molecule has 222 valence electrons. The lowest BCUT2D eigenvalue weighted by molar-refractivity contribution is -0.0930. The third-order valence-electron chi connectivity index (χ3n) is 8.57. The van der Waals surface area contributed by atoms with Gasteiger partial charge in [0.15, 0.2) is 5.82 Å². The molecule has 1 aromatic rings. The zero-order chi connectivity index (χ0) is 28.4. The Kier molecular flexibility index (Phi) is 9.23. The van der Waals surface area contributed by atoms with Crippen molar-refractivity contribution in [3.63, 3.8) is 0 Å². The van der Waals surface area contributed by atoms with E-state index in [1.54, 1.807) is 0 Å². The Labute approximate surface area is 236 Å². The second-order valence-electron chi connectivity index (χ2n) is 13.4. The molecular formula is C30H53N5O4. The Morgan fingerprint density at radius 1 is 1.10 bits per heavy atom. The van der Waals surface area contributed by atoms with E-state index in [1.165, 1.54) is 5.69 Å². The number of amides is 1. The van der Waals surface area contributed by atoms with Crippen LogP contribution in [-0.2, 0) is 14.2 Å². The molecule has 0 aromatic carbocycles. The Morgan fingerprint density at radius 2 is 1.77 bits per heavy atom. The number of carbonyl (C=O) groups is 1. The van der Waals surface area contributed by atoms with Gasteiger partial charge in [-0.25, -0.2) is 4.79 Å². The summed E-state index contributed by atoms with van der Waals surface area (Å²) in [7, 11) is 0. The molecule has 0 unspecified atom stereocenters. The number of nitrogens with zero attached hydrogens (tertiary/aromatic N) is 5. The lowest BCUT2D eigenvalue weighted by Gasteiger charge is -2.58. The number of carbonyl (C=O) groups excluding carboxylic acids is 1. The standard InChI is InChI=1S/C28H47N5O4.C2H6/c1-21-15-24(29-33(21)22-16-28(17-22)19-31(20-28)25(34)37-26(2,3)4)32-8-7-23(18-27(32,5)6)36-14-11-30-9-12-35-13-10-30;1-2/h15,22-23H,7-14,16-20H2,1-6H3;1-2H3/t23-;/m1./s1. The monoisotopic (exact) mass is 547 g/mol. The molecule has 0 N–H and O–H groups in total. The second-order valence-corrected chi connectivity index (χ2v) is 13.4. The van der Waals surface area contributed by atoms with Crippen LogP contribution in [0.4, 0.5) is 10.6 Å². The molecule has 1 aromatic heterocycles. The summed E-state index contributed by atoms with van der Waals surface area (Å²) in [5, 5.41) is 5.10. The molecule has 9 nitrogen and oxygen atoms in total. The average molecular weight is 548 g/mol. The summed E-state index contributed by atoms with van der Waals surface area (Å²) in [4.78, 5) is 19.1. The van der Waals surface area contributed by atoms with Crippen LogP contribution >= 0.6 is 0 Å². The molecule has 9 heteroatoms. The van der Waals surface area contributed by atoms with Crippen LogP contribution in [0.5, 0.6) is 0 Å². The molecule has 4 heterocycles. The summed E-state index contributed by atoms with van der Waals surface area (Å²) in [6.45, 7) is 24.6. The highest BCUT2D eigenvalue weighted by Crippen LogP contribution is 2.54. The molecule has 3 saturated heterocycles. The fourth-order valence-electron chi connectivity index (χ4n) is 6.65. The zero-order valence-corrected chi connectivity index (χ0v) is 25.8. The molecule has 4 aliphatic rings. The van der Waals surface area contributed by atoms with Crippen LogP contribution in [0.3, 0.4) is 0 Å². The molecule has 1 saturated carbocycles. The molecule has 1 aliphatic carbocycles. The fraction of sp³-hybridized carbons (Fsp3) is 0.867. The second kappa shape index (κ2) is 12.0. The Hall–Kier alpha value is -1.84. The number of hydrogen-bond donors (Lipinski definition) is 0. The lowest BCUT2D eigenvalue weighted by Crippen LogP contribution is -2.64. The van der Waals surface area contributed by atoms with Gasteiger partial charge in [-0.2, -0.15) is 5.10 Å². The van der Waals surface area contributed by atoms with E-state index < -0.39 is 5.60 Å². The van der Waals surface area contributed by atoms with Crippen molar-refractivity contribution < 1.29 is 19.0 Å². The van der Waals surface area contributed by atoms with Gasteiger partial charge >= 0.3 is 6.09 Å². The third kappa shape index (κ3) is 7.09. The summed E-state index contributed by atoms with van der Waals surface area (Å²) in [6.07, 6.45) is 4.32. The van der Waals surface area contributed by atoms with Crippen LogP contribution in [0.15, 0.2) is 6.07 Å². The zero-order valence-electron chi connectivity index (χ0n) is 25.8. The van der Waals surface area contributed by atoms with Gasteiger partial charge in [0.2, 0.25) is 0 Å². The number of aryl methyl sites for hydroxylation is 1. The van der Waals surface area contributed by atoms with Crippen LogP contribution in [0, 0.1) is 12.3 Å². The average Bonchev–Trinajstić information content (AvgIpc) is 3.18. The summed E-state index contributed by atoms with van der Waals surface area (Å²) in [5.74, 6) is 1.08. The SMILES string of the molecule is CC.Cc1cc(N2CC[C@@H](OCCN3CCOCC3)CC2(C)C)nn1C1CC2(C1)CN(C(=O)OC(C)(C)C)C2. The lowest BCUT2D eigenvalue weighted by atomic mass is 9.61. The number of aromatic nitrogens is 2. The maximum atomic E-state index is 12.3. The number of rotatable bonds is 6. The smallest absolute Gasteiger partial charge is 0.410 e. The fourth-order valence-corrected chi connectivity index (χ4v) is 6.65. The minimum Gasteiger partial charge on any atom is -0.444 e.